The van der Waals surface area contributed by atoms with E-state index in [1.165, 1.54) is 25.7 Å². The van der Waals surface area contributed by atoms with E-state index in [0.29, 0.717) is 13.2 Å². The lowest BCUT2D eigenvalue weighted by Gasteiger charge is -2.25. The van der Waals surface area contributed by atoms with Crippen molar-refractivity contribution in [2.75, 3.05) is 31.6 Å². The van der Waals surface area contributed by atoms with E-state index >= 15 is 0 Å². The van der Waals surface area contributed by atoms with E-state index < -0.39 is 0 Å². The Kier molecular flexibility index (Phi) is 4.25. The van der Waals surface area contributed by atoms with Gasteiger partial charge in [0.25, 0.3) is 0 Å². The van der Waals surface area contributed by atoms with Crippen LogP contribution < -0.4 is 14.8 Å². The number of thiocarbonyl (C=S) groups is 1. The summed E-state index contributed by atoms with van der Waals surface area (Å²) in [5.41, 5.74) is 0.962. The third-order valence-electron chi connectivity index (χ3n) is 3.69. The van der Waals surface area contributed by atoms with E-state index in [-0.39, 0.29) is 0 Å². The summed E-state index contributed by atoms with van der Waals surface area (Å²) in [6.07, 6.45) is 5.07. The van der Waals surface area contributed by atoms with Gasteiger partial charge in [0.05, 0.1) is 0 Å². The molecule has 2 heterocycles. The molecule has 3 rings (SSSR count). The van der Waals surface area contributed by atoms with E-state index in [2.05, 4.69) is 10.2 Å². The first-order valence-corrected chi connectivity index (χ1v) is 7.69. The molecule has 20 heavy (non-hydrogen) atoms. The van der Waals surface area contributed by atoms with Crippen molar-refractivity contribution in [2.24, 2.45) is 0 Å². The predicted octanol–water partition coefficient (Wildman–Crippen LogP) is 3.03. The molecule has 5 heteroatoms. The normalized spacial score (nSPS) is 18.3. The monoisotopic (exact) mass is 292 g/mol. The lowest BCUT2D eigenvalue weighted by atomic mass is 10.2. The highest BCUT2D eigenvalue weighted by molar-refractivity contribution is 7.80. The number of nitrogens with one attached hydrogen (secondary N) is 1. The highest BCUT2D eigenvalue weighted by Gasteiger charge is 2.15. The van der Waals surface area contributed by atoms with Crippen LogP contribution in [0.15, 0.2) is 18.2 Å². The Balaban J connectivity index is 1.66. The van der Waals surface area contributed by atoms with E-state index in [0.717, 1.165) is 35.4 Å². The topological polar surface area (TPSA) is 33.7 Å². The molecular formula is C15H20N2O2S. The van der Waals surface area contributed by atoms with Crippen LogP contribution >= 0.6 is 12.2 Å². The largest absolute Gasteiger partial charge is 0.486 e. The SMILES string of the molecule is S=C(Nc1ccc2c(c1)OCCO2)N1CCCCCC1. The molecule has 1 aromatic rings. The molecular weight excluding hydrogens is 272 g/mol. The molecule has 0 radical (unpaired) electrons. The molecule has 1 saturated heterocycles. The number of hydrogen-bond acceptors (Lipinski definition) is 3. The van der Waals surface area contributed by atoms with Crippen LogP contribution in [0.25, 0.3) is 0 Å². The number of fused-ring (bicyclic) bond motifs is 1. The molecule has 0 unspecified atom stereocenters. The fourth-order valence-corrected chi connectivity index (χ4v) is 2.90. The fraction of sp³-hybridized carbons (Fsp3) is 0.533. The Hall–Kier alpha value is -1.49. The van der Waals surface area contributed by atoms with Crippen LogP contribution in [-0.4, -0.2) is 36.3 Å². The Bertz CT molecular complexity index is 485. The van der Waals surface area contributed by atoms with Crippen molar-refractivity contribution in [1.82, 2.24) is 4.90 Å². The average Bonchev–Trinajstić information content (AvgIpc) is 2.76. The molecule has 0 bridgehead atoms. The molecule has 1 N–H and O–H groups in total. The van der Waals surface area contributed by atoms with Crippen molar-refractivity contribution in [3.63, 3.8) is 0 Å². The second kappa shape index (κ2) is 6.31. The van der Waals surface area contributed by atoms with Crippen LogP contribution in [0.2, 0.25) is 0 Å². The number of rotatable bonds is 1. The smallest absolute Gasteiger partial charge is 0.173 e. The molecule has 0 spiro atoms. The van der Waals surface area contributed by atoms with Gasteiger partial charge >= 0.3 is 0 Å². The maximum Gasteiger partial charge on any atom is 0.173 e. The van der Waals surface area contributed by atoms with Crippen LogP contribution in [0.1, 0.15) is 25.7 Å². The van der Waals surface area contributed by atoms with Gasteiger partial charge in [-0.15, -0.1) is 0 Å². The lowest BCUT2D eigenvalue weighted by molar-refractivity contribution is 0.171. The van der Waals surface area contributed by atoms with Crippen LogP contribution in [0.3, 0.4) is 0 Å². The number of hydrogen-bond donors (Lipinski definition) is 1. The van der Waals surface area contributed by atoms with Gasteiger partial charge < -0.3 is 19.7 Å². The molecule has 2 aliphatic heterocycles. The summed E-state index contributed by atoms with van der Waals surface area (Å²) in [7, 11) is 0. The third kappa shape index (κ3) is 3.15. The highest BCUT2D eigenvalue weighted by atomic mass is 32.1. The van der Waals surface area contributed by atoms with Crippen LogP contribution in [-0.2, 0) is 0 Å². The minimum Gasteiger partial charge on any atom is -0.486 e. The lowest BCUT2D eigenvalue weighted by Crippen LogP contribution is -2.35. The van der Waals surface area contributed by atoms with Gasteiger partial charge in [-0.1, -0.05) is 12.8 Å². The van der Waals surface area contributed by atoms with E-state index in [9.17, 15) is 0 Å². The van der Waals surface area contributed by atoms with Crippen LogP contribution in [0.4, 0.5) is 5.69 Å². The molecule has 108 valence electrons. The van der Waals surface area contributed by atoms with Gasteiger partial charge in [-0.25, -0.2) is 0 Å². The summed E-state index contributed by atoms with van der Waals surface area (Å²) in [5.74, 6) is 1.60. The number of anilines is 1. The molecule has 0 amide bonds. The first kappa shape index (κ1) is 13.5. The first-order valence-electron chi connectivity index (χ1n) is 7.28. The summed E-state index contributed by atoms with van der Waals surface area (Å²) >= 11 is 5.51. The van der Waals surface area contributed by atoms with Crippen molar-refractivity contribution in [3.8, 4) is 11.5 Å². The fourth-order valence-electron chi connectivity index (χ4n) is 2.60. The van der Waals surface area contributed by atoms with Gasteiger partial charge in [0, 0.05) is 24.8 Å². The highest BCUT2D eigenvalue weighted by Crippen LogP contribution is 2.32. The number of benzene rings is 1. The maximum absolute atomic E-state index is 5.59. The molecule has 1 aromatic carbocycles. The Morgan fingerprint density at radius 2 is 1.70 bits per heavy atom. The third-order valence-corrected chi connectivity index (χ3v) is 4.05. The van der Waals surface area contributed by atoms with Crippen molar-refractivity contribution >= 4 is 23.0 Å². The second-order valence-corrected chi connectivity index (χ2v) is 5.58. The van der Waals surface area contributed by atoms with Crippen LogP contribution in [0.5, 0.6) is 11.5 Å². The summed E-state index contributed by atoms with van der Waals surface area (Å²) in [5, 5.41) is 4.12. The molecule has 1 fully saturated rings. The van der Waals surface area contributed by atoms with Crippen molar-refractivity contribution < 1.29 is 9.47 Å². The quantitative estimate of drug-likeness (QED) is 0.805. The zero-order chi connectivity index (χ0) is 13.8. The van der Waals surface area contributed by atoms with E-state index in [4.69, 9.17) is 21.7 Å². The Morgan fingerprint density at radius 1 is 1.00 bits per heavy atom. The van der Waals surface area contributed by atoms with Gasteiger partial charge in [-0.2, -0.15) is 0 Å². The van der Waals surface area contributed by atoms with Crippen molar-refractivity contribution in [3.05, 3.63) is 18.2 Å². The molecule has 4 nitrogen and oxygen atoms in total. The standard InChI is InChI=1S/C15H20N2O2S/c20-15(17-7-3-1-2-4-8-17)16-12-5-6-13-14(11-12)19-10-9-18-13/h5-6,11H,1-4,7-10H2,(H,16,20). The van der Waals surface area contributed by atoms with Gasteiger partial charge in [0.1, 0.15) is 13.2 Å². The Labute approximate surface area is 125 Å². The summed E-state index contributed by atoms with van der Waals surface area (Å²) < 4.78 is 11.1. The molecule has 0 saturated carbocycles. The Morgan fingerprint density at radius 3 is 2.45 bits per heavy atom. The van der Waals surface area contributed by atoms with Gasteiger partial charge in [-0.05, 0) is 37.2 Å². The predicted molar refractivity (Wildman–Crippen MR) is 83.7 cm³/mol. The van der Waals surface area contributed by atoms with E-state index in [1.54, 1.807) is 0 Å². The maximum atomic E-state index is 5.59. The molecule has 0 aliphatic carbocycles. The molecule has 2 aliphatic rings. The van der Waals surface area contributed by atoms with E-state index in [1.807, 2.05) is 18.2 Å². The summed E-state index contributed by atoms with van der Waals surface area (Å²) in [6.45, 7) is 3.33. The number of likely N-dealkylation sites (tertiary alicyclic amines) is 1. The zero-order valence-corrected chi connectivity index (χ0v) is 12.4. The minimum absolute atomic E-state index is 0.604. The molecule has 0 aromatic heterocycles. The summed E-state index contributed by atoms with van der Waals surface area (Å²) in [4.78, 5) is 2.26. The van der Waals surface area contributed by atoms with Crippen molar-refractivity contribution in [2.45, 2.75) is 25.7 Å². The minimum atomic E-state index is 0.604. The van der Waals surface area contributed by atoms with Gasteiger partial charge in [-0.3, -0.25) is 0 Å². The average molecular weight is 292 g/mol. The van der Waals surface area contributed by atoms with Crippen LogP contribution in [0, 0.1) is 0 Å². The summed E-state index contributed by atoms with van der Waals surface area (Å²) in [6, 6.07) is 5.87. The molecule has 0 atom stereocenters. The van der Waals surface area contributed by atoms with Gasteiger partial charge in [0.15, 0.2) is 16.6 Å². The zero-order valence-electron chi connectivity index (χ0n) is 11.6. The number of ether oxygens (including phenoxy) is 2. The van der Waals surface area contributed by atoms with Gasteiger partial charge in [0.2, 0.25) is 0 Å². The van der Waals surface area contributed by atoms with Crippen molar-refractivity contribution in [1.29, 1.82) is 0 Å². The second-order valence-electron chi connectivity index (χ2n) is 5.19. The first-order chi connectivity index (χ1) is 9.83. The number of nitrogens with zero attached hydrogens (tertiary/aromatic N) is 1.